The molecule has 5 nitrogen and oxygen atoms in total. The monoisotopic (exact) mass is 352 g/mol. The summed E-state index contributed by atoms with van der Waals surface area (Å²) in [7, 11) is -3.73. The molecule has 1 fully saturated rings. The Balaban J connectivity index is 2.47. The fourth-order valence-electron chi connectivity index (χ4n) is 2.42. The molecule has 2 N–H and O–H groups in total. The minimum atomic E-state index is -3.73. The van der Waals surface area contributed by atoms with E-state index in [9.17, 15) is 8.42 Å². The minimum absolute atomic E-state index is 0.00147. The standard InChI is InChI=1S/C13H18Cl2N2O3S/c1-8-6-17(7-9(2)20-8)21(18,19)12-4-11(14)3-10(5-16)13(12)15/h3-4,8-9H,5-7,16H2,1-2H3. The van der Waals surface area contributed by atoms with Gasteiger partial charge >= 0.3 is 0 Å². The summed E-state index contributed by atoms with van der Waals surface area (Å²) in [5.41, 5.74) is 6.09. The van der Waals surface area contributed by atoms with Crippen LogP contribution in [0.2, 0.25) is 10.0 Å². The van der Waals surface area contributed by atoms with Crippen LogP contribution in [0.3, 0.4) is 0 Å². The molecular weight excluding hydrogens is 335 g/mol. The number of hydrogen-bond acceptors (Lipinski definition) is 4. The second-order valence-corrected chi connectivity index (χ2v) is 7.88. The predicted octanol–water partition coefficient (Wildman–Crippen LogP) is 2.25. The SMILES string of the molecule is CC1CN(S(=O)(=O)c2cc(Cl)cc(CN)c2Cl)CC(C)O1. The topological polar surface area (TPSA) is 72.6 Å². The molecule has 0 aromatic heterocycles. The molecule has 0 aliphatic carbocycles. The molecule has 1 heterocycles. The van der Waals surface area contributed by atoms with E-state index >= 15 is 0 Å². The van der Waals surface area contributed by atoms with Crippen molar-refractivity contribution >= 4 is 33.2 Å². The molecule has 0 spiro atoms. The van der Waals surface area contributed by atoms with E-state index in [4.69, 9.17) is 33.7 Å². The van der Waals surface area contributed by atoms with Crippen LogP contribution in [-0.2, 0) is 21.3 Å². The first-order valence-electron chi connectivity index (χ1n) is 6.59. The predicted molar refractivity (Wildman–Crippen MR) is 83.1 cm³/mol. The van der Waals surface area contributed by atoms with Crippen LogP contribution >= 0.6 is 23.2 Å². The van der Waals surface area contributed by atoms with Crippen LogP contribution in [0, 0.1) is 0 Å². The van der Waals surface area contributed by atoms with Crippen molar-refractivity contribution in [1.29, 1.82) is 0 Å². The highest BCUT2D eigenvalue weighted by Crippen LogP contribution is 2.32. The Kier molecular flexibility index (Phi) is 5.18. The van der Waals surface area contributed by atoms with Crippen LogP contribution < -0.4 is 5.73 Å². The maximum absolute atomic E-state index is 12.8. The van der Waals surface area contributed by atoms with Gasteiger partial charge in [-0.2, -0.15) is 4.31 Å². The van der Waals surface area contributed by atoms with E-state index in [1.165, 1.54) is 10.4 Å². The lowest BCUT2D eigenvalue weighted by atomic mass is 10.2. The average molecular weight is 353 g/mol. The molecule has 0 amide bonds. The molecule has 0 radical (unpaired) electrons. The molecule has 1 saturated heterocycles. The molecular formula is C13H18Cl2N2O3S. The summed E-state index contributed by atoms with van der Waals surface area (Å²) in [6, 6.07) is 2.94. The zero-order chi connectivity index (χ0) is 15.8. The van der Waals surface area contributed by atoms with Gasteiger partial charge in [-0.15, -0.1) is 0 Å². The highest BCUT2D eigenvalue weighted by Gasteiger charge is 2.34. The van der Waals surface area contributed by atoms with E-state index in [1.54, 1.807) is 6.07 Å². The van der Waals surface area contributed by atoms with Gasteiger partial charge in [-0.3, -0.25) is 0 Å². The number of morpholine rings is 1. The largest absolute Gasteiger partial charge is 0.373 e. The second-order valence-electron chi connectivity index (χ2n) is 5.16. The number of benzene rings is 1. The number of nitrogens with zero attached hydrogens (tertiary/aromatic N) is 1. The summed E-state index contributed by atoms with van der Waals surface area (Å²) in [5.74, 6) is 0. The third-order valence-electron chi connectivity index (χ3n) is 3.30. The summed E-state index contributed by atoms with van der Waals surface area (Å²) < 4.78 is 32.6. The zero-order valence-electron chi connectivity index (χ0n) is 11.8. The smallest absolute Gasteiger partial charge is 0.244 e. The van der Waals surface area contributed by atoms with Crippen LogP contribution in [-0.4, -0.2) is 38.0 Å². The zero-order valence-corrected chi connectivity index (χ0v) is 14.2. The van der Waals surface area contributed by atoms with E-state index in [2.05, 4.69) is 0 Å². The lowest BCUT2D eigenvalue weighted by Gasteiger charge is -2.34. The summed E-state index contributed by atoms with van der Waals surface area (Å²) in [6.45, 7) is 4.37. The Morgan fingerprint density at radius 3 is 2.38 bits per heavy atom. The van der Waals surface area contributed by atoms with Crippen molar-refractivity contribution in [3.05, 3.63) is 27.7 Å². The Hall–Kier alpha value is -0.370. The molecule has 0 saturated carbocycles. The van der Waals surface area contributed by atoms with Crippen LogP contribution in [0.4, 0.5) is 0 Å². The Morgan fingerprint density at radius 2 is 1.86 bits per heavy atom. The van der Waals surface area contributed by atoms with E-state index in [1.807, 2.05) is 13.8 Å². The van der Waals surface area contributed by atoms with Gasteiger partial charge in [0, 0.05) is 24.7 Å². The van der Waals surface area contributed by atoms with Crippen LogP contribution in [0.1, 0.15) is 19.4 Å². The summed E-state index contributed by atoms with van der Waals surface area (Å²) >= 11 is 12.2. The minimum Gasteiger partial charge on any atom is -0.373 e. The maximum atomic E-state index is 12.8. The summed E-state index contributed by atoms with van der Waals surface area (Å²) in [4.78, 5) is -0.00147. The highest BCUT2D eigenvalue weighted by atomic mass is 35.5. The van der Waals surface area contributed by atoms with Gasteiger partial charge in [-0.25, -0.2) is 8.42 Å². The van der Waals surface area contributed by atoms with E-state index in [-0.39, 0.29) is 41.8 Å². The van der Waals surface area contributed by atoms with Crippen LogP contribution in [0.5, 0.6) is 0 Å². The van der Waals surface area contributed by atoms with Gasteiger partial charge in [0.2, 0.25) is 10.0 Å². The van der Waals surface area contributed by atoms with Crippen molar-refractivity contribution in [2.45, 2.75) is 37.5 Å². The van der Waals surface area contributed by atoms with Crippen molar-refractivity contribution < 1.29 is 13.2 Å². The van der Waals surface area contributed by atoms with Gasteiger partial charge in [0.15, 0.2) is 0 Å². The normalized spacial score (nSPS) is 24.2. The molecule has 8 heteroatoms. The van der Waals surface area contributed by atoms with E-state index < -0.39 is 10.0 Å². The first-order valence-corrected chi connectivity index (χ1v) is 8.79. The Morgan fingerprint density at radius 1 is 1.29 bits per heavy atom. The third-order valence-corrected chi connectivity index (χ3v) is 5.94. The molecule has 1 aliphatic rings. The van der Waals surface area contributed by atoms with Crippen molar-refractivity contribution in [3.8, 4) is 0 Å². The molecule has 0 bridgehead atoms. The van der Waals surface area contributed by atoms with E-state index in [0.717, 1.165) is 0 Å². The van der Waals surface area contributed by atoms with Crippen LogP contribution in [0.25, 0.3) is 0 Å². The van der Waals surface area contributed by atoms with Crippen molar-refractivity contribution in [3.63, 3.8) is 0 Å². The van der Waals surface area contributed by atoms with Crippen LogP contribution in [0.15, 0.2) is 17.0 Å². The number of hydrogen-bond donors (Lipinski definition) is 1. The van der Waals surface area contributed by atoms with Gasteiger partial charge in [0.25, 0.3) is 0 Å². The van der Waals surface area contributed by atoms with Gasteiger partial charge < -0.3 is 10.5 Å². The van der Waals surface area contributed by atoms with E-state index in [0.29, 0.717) is 10.6 Å². The number of rotatable bonds is 3. The fraction of sp³-hybridized carbons (Fsp3) is 0.538. The quantitative estimate of drug-likeness (QED) is 0.905. The van der Waals surface area contributed by atoms with Gasteiger partial charge in [0.1, 0.15) is 4.90 Å². The van der Waals surface area contributed by atoms with Crippen molar-refractivity contribution in [2.75, 3.05) is 13.1 Å². The Labute approximate surface area is 135 Å². The van der Waals surface area contributed by atoms with Crippen molar-refractivity contribution in [2.24, 2.45) is 5.73 Å². The third kappa shape index (κ3) is 3.52. The molecule has 1 aromatic rings. The molecule has 2 atom stereocenters. The van der Waals surface area contributed by atoms with Gasteiger partial charge in [-0.05, 0) is 31.5 Å². The maximum Gasteiger partial charge on any atom is 0.244 e. The molecule has 2 unspecified atom stereocenters. The number of halogens is 2. The molecule has 118 valence electrons. The Bertz CT molecular complexity index is 627. The lowest BCUT2D eigenvalue weighted by Crippen LogP contribution is -2.48. The highest BCUT2D eigenvalue weighted by molar-refractivity contribution is 7.89. The second kappa shape index (κ2) is 6.40. The molecule has 21 heavy (non-hydrogen) atoms. The van der Waals surface area contributed by atoms with Gasteiger partial charge in [-0.1, -0.05) is 23.2 Å². The number of ether oxygens (including phenoxy) is 1. The van der Waals surface area contributed by atoms with Gasteiger partial charge in [0.05, 0.1) is 17.2 Å². The molecule has 1 aliphatic heterocycles. The number of sulfonamides is 1. The number of nitrogens with two attached hydrogens (primary N) is 1. The fourth-order valence-corrected chi connectivity index (χ4v) is 4.93. The average Bonchev–Trinajstić information content (AvgIpc) is 2.39. The first-order chi connectivity index (χ1) is 9.75. The van der Waals surface area contributed by atoms with Crippen molar-refractivity contribution in [1.82, 2.24) is 4.31 Å². The molecule has 2 rings (SSSR count). The summed E-state index contributed by atoms with van der Waals surface area (Å²) in [5, 5.41) is 0.432. The lowest BCUT2D eigenvalue weighted by molar-refractivity contribution is -0.0440. The molecule has 1 aromatic carbocycles. The first kappa shape index (κ1) is 17.0. The summed E-state index contributed by atoms with van der Waals surface area (Å²) in [6.07, 6.45) is -0.342.